The number of methoxy groups -OCH3 is 3. The van der Waals surface area contributed by atoms with Crippen molar-refractivity contribution in [2.75, 3.05) is 21.3 Å². The SMILES string of the molecule is COc1ccc(C(=O)CC=Nc2ccc(OC)cc2OC)cc1. The van der Waals surface area contributed by atoms with Crippen molar-refractivity contribution in [3.8, 4) is 17.2 Å². The van der Waals surface area contributed by atoms with Gasteiger partial charge in [0, 0.05) is 24.3 Å². The maximum Gasteiger partial charge on any atom is 0.168 e. The first kappa shape index (κ1) is 16.5. The quantitative estimate of drug-likeness (QED) is 0.578. The zero-order valence-corrected chi connectivity index (χ0v) is 13.4. The number of carbonyl (C=O) groups is 1. The fourth-order valence-corrected chi connectivity index (χ4v) is 2.01. The number of rotatable bonds is 7. The highest BCUT2D eigenvalue weighted by Crippen LogP contribution is 2.31. The Balaban J connectivity index is 2.04. The maximum absolute atomic E-state index is 12.1. The van der Waals surface area contributed by atoms with Gasteiger partial charge in [0.05, 0.1) is 21.3 Å². The lowest BCUT2D eigenvalue weighted by molar-refractivity contribution is 0.100. The van der Waals surface area contributed by atoms with Crippen LogP contribution < -0.4 is 14.2 Å². The van der Waals surface area contributed by atoms with Crippen LogP contribution in [0, 0.1) is 0 Å². The molecule has 0 aromatic heterocycles. The van der Waals surface area contributed by atoms with Crippen LogP contribution in [-0.4, -0.2) is 33.3 Å². The lowest BCUT2D eigenvalue weighted by Crippen LogP contribution is -1.99. The third-order valence-electron chi connectivity index (χ3n) is 3.31. The van der Waals surface area contributed by atoms with Crippen molar-refractivity contribution in [3.63, 3.8) is 0 Å². The molecule has 0 heterocycles. The average molecular weight is 313 g/mol. The van der Waals surface area contributed by atoms with Gasteiger partial charge in [0.15, 0.2) is 5.78 Å². The maximum atomic E-state index is 12.1. The molecule has 0 saturated carbocycles. The van der Waals surface area contributed by atoms with Gasteiger partial charge in [-0.2, -0.15) is 0 Å². The van der Waals surface area contributed by atoms with Crippen LogP contribution in [0.2, 0.25) is 0 Å². The van der Waals surface area contributed by atoms with Gasteiger partial charge in [-0.05, 0) is 36.4 Å². The first-order valence-corrected chi connectivity index (χ1v) is 7.09. The van der Waals surface area contributed by atoms with Gasteiger partial charge in [-0.15, -0.1) is 0 Å². The first-order valence-electron chi connectivity index (χ1n) is 7.09. The number of ether oxygens (including phenoxy) is 3. The number of aliphatic imine (C=N–C) groups is 1. The third-order valence-corrected chi connectivity index (χ3v) is 3.31. The molecule has 0 fully saturated rings. The highest BCUT2D eigenvalue weighted by atomic mass is 16.5. The normalized spacial score (nSPS) is 10.6. The monoisotopic (exact) mass is 313 g/mol. The van der Waals surface area contributed by atoms with Crippen LogP contribution in [0.1, 0.15) is 16.8 Å². The van der Waals surface area contributed by atoms with Crippen LogP contribution in [-0.2, 0) is 0 Å². The van der Waals surface area contributed by atoms with E-state index in [9.17, 15) is 4.79 Å². The molecule has 2 aromatic carbocycles. The Morgan fingerprint density at radius 2 is 1.61 bits per heavy atom. The molecule has 0 N–H and O–H groups in total. The molecule has 2 rings (SSSR count). The van der Waals surface area contributed by atoms with Crippen molar-refractivity contribution >= 4 is 17.7 Å². The van der Waals surface area contributed by atoms with Crippen molar-refractivity contribution in [2.45, 2.75) is 6.42 Å². The number of carbonyl (C=O) groups excluding carboxylic acids is 1. The van der Waals surface area contributed by atoms with Gasteiger partial charge in [-0.3, -0.25) is 9.79 Å². The highest BCUT2D eigenvalue weighted by Gasteiger charge is 2.06. The minimum Gasteiger partial charge on any atom is -0.497 e. The largest absolute Gasteiger partial charge is 0.497 e. The van der Waals surface area contributed by atoms with E-state index in [0.29, 0.717) is 22.7 Å². The van der Waals surface area contributed by atoms with Crippen molar-refractivity contribution in [2.24, 2.45) is 4.99 Å². The molecule has 0 radical (unpaired) electrons. The molecule has 0 saturated heterocycles. The van der Waals surface area contributed by atoms with Gasteiger partial charge >= 0.3 is 0 Å². The fraction of sp³-hybridized carbons (Fsp3) is 0.222. The van der Waals surface area contributed by atoms with Gasteiger partial charge in [0.2, 0.25) is 0 Å². The molecular weight excluding hydrogens is 294 g/mol. The molecule has 23 heavy (non-hydrogen) atoms. The molecule has 0 aliphatic rings. The van der Waals surface area contributed by atoms with E-state index in [2.05, 4.69) is 4.99 Å². The smallest absolute Gasteiger partial charge is 0.168 e. The Morgan fingerprint density at radius 3 is 2.22 bits per heavy atom. The molecule has 2 aromatic rings. The summed E-state index contributed by atoms with van der Waals surface area (Å²) in [5, 5.41) is 0. The zero-order chi connectivity index (χ0) is 16.7. The topological polar surface area (TPSA) is 57.1 Å². The zero-order valence-electron chi connectivity index (χ0n) is 13.4. The molecule has 0 bridgehead atoms. The summed E-state index contributed by atoms with van der Waals surface area (Å²) in [6.07, 6.45) is 1.79. The summed E-state index contributed by atoms with van der Waals surface area (Å²) in [7, 11) is 4.74. The van der Waals surface area contributed by atoms with Gasteiger partial charge in [-0.1, -0.05) is 0 Å². The average Bonchev–Trinajstić information content (AvgIpc) is 2.61. The molecule has 0 atom stereocenters. The summed E-state index contributed by atoms with van der Waals surface area (Å²) in [6.45, 7) is 0. The van der Waals surface area contributed by atoms with E-state index in [1.165, 1.54) is 0 Å². The summed E-state index contributed by atoms with van der Waals surface area (Å²) in [4.78, 5) is 16.4. The minimum absolute atomic E-state index is 0.0103. The van der Waals surface area contributed by atoms with E-state index in [4.69, 9.17) is 14.2 Å². The summed E-state index contributed by atoms with van der Waals surface area (Å²) in [5.41, 5.74) is 1.27. The molecule has 0 amide bonds. The molecule has 5 heteroatoms. The van der Waals surface area contributed by atoms with Crippen LogP contribution in [0.25, 0.3) is 0 Å². The number of Topliss-reactive ketones (excluding diaryl/α,β-unsaturated/α-hetero) is 1. The second-order valence-corrected chi connectivity index (χ2v) is 4.71. The fourth-order valence-electron chi connectivity index (χ4n) is 2.01. The van der Waals surface area contributed by atoms with E-state index < -0.39 is 0 Å². The van der Waals surface area contributed by atoms with Crippen LogP contribution >= 0.6 is 0 Å². The van der Waals surface area contributed by atoms with Gasteiger partial charge in [-0.25, -0.2) is 0 Å². The number of ketones is 1. The Morgan fingerprint density at radius 1 is 0.957 bits per heavy atom. The van der Waals surface area contributed by atoms with Gasteiger partial charge in [0.25, 0.3) is 0 Å². The highest BCUT2D eigenvalue weighted by molar-refractivity contribution is 6.04. The number of nitrogens with zero attached hydrogens (tertiary/aromatic N) is 1. The van der Waals surface area contributed by atoms with Crippen LogP contribution in [0.4, 0.5) is 5.69 Å². The Labute approximate surface area is 135 Å². The third kappa shape index (κ3) is 4.32. The summed E-state index contributed by atoms with van der Waals surface area (Å²) in [6, 6.07) is 12.3. The molecule has 0 aliphatic carbocycles. The van der Waals surface area contributed by atoms with E-state index >= 15 is 0 Å². The second-order valence-electron chi connectivity index (χ2n) is 4.71. The molecule has 5 nitrogen and oxygen atoms in total. The lowest BCUT2D eigenvalue weighted by atomic mass is 10.1. The standard InChI is InChI=1S/C18H19NO4/c1-21-14-6-4-13(5-7-14)17(20)10-11-19-16-9-8-15(22-2)12-18(16)23-3/h4-9,11-12H,10H2,1-3H3. The molecule has 0 unspecified atom stereocenters. The number of benzene rings is 2. The van der Waals surface area contributed by atoms with Crippen molar-refractivity contribution in [1.29, 1.82) is 0 Å². The summed E-state index contributed by atoms with van der Waals surface area (Å²) >= 11 is 0. The summed E-state index contributed by atoms with van der Waals surface area (Å²) in [5.74, 6) is 2.00. The molecular formula is C18H19NO4. The Kier molecular flexibility index (Phi) is 5.74. The first-order chi connectivity index (χ1) is 11.2. The van der Waals surface area contributed by atoms with Crippen LogP contribution in [0.15, 0.2) is 47.5 Å². The summed E-state index contributed by atoms with van der Waals surface area (Å²) < 4.78 is 15.5. The van der Waals surface area contributed by atoms with E-state index in [-0.39, 0.29) is 12.2 Å². The molecule has 0 aliphatic heterocycles. The number of hydrogen-bond donors (Lipinski definition) is 0. The van der Waals surface area contributed by atoms with E-state index in [0.717, 1.165) is 5.75 Å². The lowest BCUT2D eigenvalue weighted by Gasteiger charge is -2.06. The van der Waals surface area contributed by atoms with E-state index in [1.54, 1.807) is 70.0 Å². The molecule has 0 spiro atoms. The van der Waals surface area contributed by atoms with Crippen molar-refractivity contribution in [3.05, 3.63) is 48.0 Å². The molecule has 120 valence electrons. The van der Waals surface area contributed by atoms with Crippen LogP contribution in [0.3, 0.4) is 0 Å². The van der Waals surface area contributed by atoms with E-state index in [1.807, 2.05) is 0 Å². The predicted octanol–water partition coefficient (Wildman–Crippen LogP) is 3.69. The van der Waals surface area contributed by atoms with Crippen LogP contribution in [0.5, 0.6) is 17.2 Å². The Hall–Kier alpha value is -2.82. The van der Waals surface area contributed by atoms with Gasteiger partial charge < -0.3 is 14.2 Å². The number of hydrogen-bond acceptors (Lipinski definition) is 5. The van der Waals surface area contributed by atoms with Crippen molar-refractivity contribution < 1.29 is 19.0 Å². The van der Waals surface area contributed by atoms with Crippen molar-refractivity contribution in [1.82, 2.24) is 0 Å². The Bertz CT molecular complexity index is 693. The second kappa shape index (κ2) is 7.98. The van der Waals surface area contributed by atoms with Gasteiger partial charge in [0.1, 0.15) is 22.9 Å². The minimum atomic E-state index is -0.0103. The predicted molar refractivity (Wildman–Crippen MR) is 89.6 cm³/mol.